The van der Waals surface area contributed by atoms with Gasteiger partial charge in [-0.05, 0) is 74.5 Å². The molecular weight excluding hydrogens is 1140 g/mol. The molecule has 0 aliphatic carbocycles. The van der Waals surface area contributed by atoms with Gasteiger partial charge in [-0.15, -0.1) is 71.0 Å². The zero-order chi connectivity index (χ0) is 72.2. The van der Waals surface area contributed by atoms with Gasteiger partial charge in [-0.1, -0.05) is 126 Å². The molecule has 0 fully saturated rings. The van der Waals surface area contributed by atoms with Crippen molar-refractivity contribution in [2.24, 2.45) is 0 Å². The molecule has 38 heteroatoms. The van der Waals surface area contributed by atoms with E-state index in [2.05, 4.69) is 0 Å². The van der Waals surface area contributed by atoms with Gasteiger partial charge in [0.2, 0.25) is 0 Å². The van der Waals surface area contributed by atoms with Gasteiger partial charge in [-0.2, -0.15) is 0 Å². The fraction of sp³-hybridized carbons (Fsp3) is 0. The highest BCUT2D eigenvalue weighted by atomic mass is 15.1. The maximum atomic E-state index is 7.33. The van der Waals surface area contributed by atoms with Crippen LogP contribution in [-0.4, -0.2) is 284 Å². The van der Waals surface area contributed by atoms with Crippen LogP contribution in [0.3, 0.4) is 0 Å². The van der Waals surface area contributed by atoms with E-state index in [4.69, 9.17) is 275 Å². The molecule has 10 aromatic carbocycles. The summed E-state index contributed by atoms with van der Waals surface area (Å²) in [7, 11) is 237. The Labute approximate surface area is 616 Å². The molecule has 0 unspecified atom stereocenters. The van der Waals surface area contributed by atoms with Gasteiger partial charge in [-0.25, -0.2) is 0 Å². The molecule has 2 heterocycles. The van der Waals surface area contributed by atoms with Crippen molar-refractivity contribution in [3.05, 3.63) is 36.4 Å². The van der Waals surface area contributed by atoms with Gasteiger partial charge in [0.1, 0.15) is 275 Å². The van der Waals surface area contributed by atoms with E-state index in [0.29, 0.717) is 0 Å². The third kappa shape index (κ3) is 10.0. The van der Waals surface area contributed by atoms with Crippen molar-refractivity contribution >= 4 is 526 Å². The van der Waals surface area contributed by atoms with Gasteiger partial charge < -0.3 is 14.0 Å². The fourth-order valence-electron chi connectivity index (χ4n) is 13.3. The van der Waals surface area contributed by atoms with Crippen molar-refractivity contribution in [2.75, 3.05) is 4.90 Å². The summed E-state index contributed by atoms with van der Waals surface area (Å²) in [6, 6.07) is 8.62. The summed E-state index contributed by atoms with van der Waals surface area (Å²) in [5.74, 6) is 0. The Hall–Kier alpha value is -6.13. The fourth-order valence-corrected chi connectivity index (χ4v) is 13.3. The number of fused-ring (bicyclic) bond motifs is 6. The number of anilines is 3. The summed E-state index contributed by atoms with van der Waals surface area (Å²) in [6.45, 7) is 0. The number of hydrogen-bond donors (Lipinski definition) is 0. The Morgan fingerprint density at radius 1 is 0.214 bits per heavy atom. The molecule has 0 spiro atoms. The molecule has 0 aliphatic rings. The van der Waals surface area contributed by atoms with Gasteiger partial charge in [0.15, 0.2) is 0 Å². The normalized spacial score (nSPS) is 11.7. The van der Waals surface area contributed by atoms with Crippen LogP contribution in [0, 0.1) is 0 Å². The van der Waals surface area contributed by atoms with Crippen LogP contribution in [0.15, 0.2) is 36.4 Å². The van der Waals surface area contributed by atoms with E-state index in [0.717, 1.165) is 0 Å². The van der Waals surface area contributed by atoms with E-state index in [1.165, 1.54) is 50.4 Å². The Balaban J connectivity index is 1.14. The van der Waals surface area contributed by atoms with E-state index < -0.39 is 0 Å². The number of rotatable bonds is 8. The Kier molecular flexibility index (Phi) is 18.4. The largest absolute Gasteiger partial charge is 0.312 e. The summed E-state index contributed by atoms with van der Waals surface area (Å²) in [4.78, 5) is 1.41. The standard InChI is InChI=1S/C60H6B35N3/c61-9-1-7(2-10(62)19(9)23-32(72)25-26-38(78)43(83)47(87)53(93)59(26)98(58(25)51(91)36(23)76)17-6-13(65)28(68)39(79)30(17)70)96(56-14(66)3-8(27(67)50(56)90)18-33(73)40(80)44(84)41(81)34(18)74)16-5-12(64)21(35(75)29(16)69)20-11(63)4-15-22(31(20)71)24-37(77)42(82)46(86)52(92)57(24)97(15)60-54(94)48(88)45(85)49(89)55(60)95/h1-6H. The van der Waals surface area contributed by atoms with Crippen LogP contribution in [0.25, 0.3) is 88.4 Å². The van der Waals surface area contributed by atoms with Crippen molar-refractivity contribution in [1.82, 2.24) is 9.13 Å². The topological polar surface area (TPSA) is 13.1 Å². The minimum atomic E-state index is -0.238. The third-order valence-corrected chi connectivity index (χ3v) is 18.4. The van der Waals surface area contributed by atoms with Crippen LogP contribution < -0.4 is 196 Å². The molecule has 0 bridgehead atoms. The van der Waals surface area contributed by atoms with Gasteiger partial charge in [-0.3, -0.25) is 0 Å². The highest BCUT2D eigenvalue weighted by Gasteiger charge is 2.31. The Morgan fingerprint density at radius 3 is 1.10 bits per heavy atom. The van der Waals surface area contributed by atoms with Gasteiger partial charge >= 0.3 is 0 Å². The lowest BCUT2D eigenvalue weighted by Crippen LogP contribution is -2.56. The molecule has 0 saturated heterocycles. The maximum Gasteiger partial charge on any atom is 0.116 e. The number of benzene rings is 10. The lowest BCUT2D eigenvalue weighted by Gasteiger charge is -2.36. The first-order chi connectivity index (χ1) is 45.8. The van der Waals surface area contributed by atoms with Crippen molar-refractivity contribution < 1.29 is 0 Å². The highest BCUT2D eigenvalue weighted by Crippen LogP contribution is 2.35. The average molecular weight is 1150 g/mol. The first-order valence-electron chi connectivity index (χ1n) is 28.8. The van der Waals surface area contributed by atoms with Crippen LogP contribution in [0.4, 0.5) is 17.1 Å². The first-order valence-corrected chi connectivity index (χ1v) is 28.8. The van der Waals surface area contributed by atoms with Crippen LogP contribution in [0.1, 0.15) is 0 Å². The molecule has 366 valence electrons. The molecule has 70 radical (unpaired) electrons. The van der Waals surface area contributed by atoms with Crippen molar-refractivity contribution in [3.8, 4) is 44.8 Å². The Bertz CT molecular complexity index is 5630. The monoisotopic (exact) mass is 1150 g/mol. The van der Waals surface area contributed by atoms with Gasteiger partial charge in [0, 0.05) is 55.8 Å². The summed E-state index contributed by atoms with van der Waals surface area (Å²) >= 11 is 0. The van der Waals surface area contributed by atoms with Crippen LogP contribution in [-0.2, 0) is 0 Å². The lowest BCUT2D eigenvalue weighted by atomic mass is 9.58. The molecule has 98 heavy (non-hydrogen) atoms. The van der Waals surface area contributed by atoms with Crippen LogP contribution >= 0.6 is 0 Å². The zero-order valence-electron chi connectivity index (χ0n) is 52.0. The van der Waals surface area contributed by atoms with E-state index in [1.54, 1.807) is 0 Å². The molecule has 0 atom stereocenters. The summed E-state index contributed by atoms with van der Waals surface area (Å²) in [5, 5.41) is 0.611. The highest BCUT2D eigenvalue weighted by molar-refractivity contribution is 6.75. The second-order valence-corrected chi connectivity index (χ2v) is 23.7. The van der Waals surface area contributed by atoms with E-state index in [-0.39, 0.29) is 297 Å². The van der Waals surface area contributed by atoms with Crippen molar-refractivity contribution in [1.29, 1.82) is 0 Å². The van der Waals surface area contributed by atoms with E-state index >= 15 is 0 Å². The quantitative estimate of drug-likeness (QED) is 0.138. The van der Waals surface area contributed by atoms with Crippen molar-refractivity contribution in [2.45, 2.75) is 0 Å². The maximum absolute atomic E-state index is 7.33. The molecule has 3 nitrogen and oxygen atoms in total. The first kappa shape index (κ1) is 71.7. The predicted molar refractivity (Wildman–Crippen MR) is 455 cm³/mol. The number of hydrogen-bond acceptors (Lipinski definition) is 1. The summed E-state index contributed by atoms with van der Waals surface area (Å²) in [6.07, 6.45) is 0. The minimum Gasteiger partial charge on any atom is -0.312 e. The summed E-state index contributed by atoms with van der Waals surface area (Å²) in [5.41, 5.74) is -2.91. The Morgan fingerprint density at radius 2 is 0.582 bits per heavy atom. The molecule has 2 aromatic heterocycles. The predicted octanol–water partition coefficient (Wildman–Crippen LogP) is -25.9. The molecule has 0 N–H and O–H groups in total. The van der Waals surface area contributed by atoms with Gasteiger partial charge in [0.05, 0.1) is 5.52 Å². The van der Waals surface area contributed by atoms with Crippen molar-refractivity contribution in [3.63, 3.8) is 0 Å². The molecule has 0 aliphatic heterocycles. The van der Waals surface area contributed by atoms with E-state index in [9.17, 15) is 0 Å². The van der Waals surface area contributed by atoms with E-state index in [1.807, 2.05) is 0 Å². The molecule has 12 rings (SSSR count). The number of nitrogens with zero attached hydrogens (tertiary/aromatic N) is 3. The SMILES string of the molecule is [B]c1cc(-n2c3c([B])c([B])c([B])c([B])c3c3c([B])c(-c4c([B])cc(N(c5cc([B])c(-c6c([B])cc7c(c6[B])c6c([B])c([B])c([B])c([B])c6n7-c6c([B])c([B])c([B])c([B])c6[B])c([B])c5[B])c5c([B])cc(-c6c([B])c([B])c([B])c([B])c6[B])c([B])c5[B])cc4[B])c([B])c([B])c32)c([B])c([B])c1[B]. The number of aromatic nitrogens is 2. The second-order valence-electron chi connectivity index (χ2n) is 23.7. The third-order valence-electron chi connectivity index (χ3n) is 18.4. The molecular formula is C60H6B35N3. The molecule has 12 aromatic rings. The average Bonchev–Trinajstić information content (AvgIpc) is 1.53. The smallest absolute Gasteiger partial charge is 0.116 e. The molecule has 0 saturated carbocycles. The van der Waals surface area contributed by atoms with Crippen LogP contribution in [0.5, 0.6) is 0 Å². The van der Waals surface area contributed by atoms with Crippen LogP contribution in [0.2, 0.25) is 0 Å². The molecule has 0 amide bonds. The zero-order valence-corrected chi connectivity index (χ0v) is 52.0. The van der Waals surface area contributed by atoms with Gasteiger partial charge in [0.25, 0.3) is 0 Å². The minimum absolute atomic E-state index is 0.00144. The summed E-state index contributed by atoms with van der Waals surface area (Å²) < 4.78 is 2.98. The second kappa shape index (κ2) is 25.1. The lowest BCUT2D eigenvalue weighted by molar-refractivity contribution is 1.21.